The molecule has 0 rings (SSSR count). The molecule has 6 heteroatoms. The molecule has 112 valence electrons. The first kappa shape index (κ1) is 17.7. The van der Waals surface area contributed by atoms with Crippen molar-refractivity contribution < 1.29 is 19.4 Å². The molecule has 2 amide bonds. The predicted molar refractivity (Wildman–Crippen MR) is 73.2 cm³/mol. The molecular formula is C13H26N2O4. The van der Waals surface area contributed by atoms with E-state index >= 15 is 0 Å². The highest BCUT2D eigenvalue weighted by Crippen LogP contribution is 2.06. The summed E-state index contributed by atoms with van der Waals surface area (Å²) in [5.74, 6) is -0.897. The van der Waals surface area contributed by atoms with Gasteiger partial charge < -0.3 is 20.1 Å². The quantitative estimate of drug-likeness (QED) is 0.670. The summed E-state index contributed by atoms with van der Waals surface area (Å²) >= 11 is 0. The Morgan fingerprint density at radius 2 is 2.00 bits per heavy atom. The summed E-state index contributed by atoms with van der Waals surface area (Å²) < 4.78 is 5.04. The fourth-order valence-electron chi connectivity index (χ4n) is 2.03. The molecule has 2 N–H and O–H groups in total. The zero-order chi connectivity index (χ0) is 14.8. The summed E-state index contributed by atoms with van der Waals surface area (Å²) in [7, 11) is 1.59. The van der Waals surface area contributed by atoms with Crippen molar-refractivity contribution in [3.8, 4) is 0 Å². The second-order valence-corrected chi connectivity index (χ2v) is 4.62. The first-order valence-corrected chi connectivity index (χ1v) is 6.74. The minimum Gasteiger partial charge on any atom is -0.481 e. The first-order chi connectivity index (χ1) is 8.96. The molecular weight excluding hydrogens is 248 g/mol. The third-order valence-corrected chi connectivity index (χ3v) is 2.93. The Balaban J connectivity index is 4.53. The Morgan fingerprint density at radius 1 is 1.37 bits per heavy atom. The molecule has 2 unspecified atom stereocenters. The number of amides is 2. The van der Waals surface area contributed by atoms with E-state index < -0.39 is 5.97 Å². The molecule has 19 heavy (non-hydrogen) atoms. The summed E-state index contributed by atoms with van der Waals surface area (Å²) in [5.41, 5.74) is 0. The number of carbonyl (C=O) groups excluding carboxylic acids is 1. The van der Waals surface area contributed by atoms with Crippen LogP contribution in [0.15, 0.2) is 0 Å². The van der Waals surface area contributed by atoms with E-state index in [1.807, 2.05) is 20.8 Å². The predicted octanol–water partition coefficient (Wildman–Crippen LogP) is 1.70. The Hall–Kier alpha value is -1.30. The van der Waals surface area contributed by atoms with Crippen LogP contribution in [0.25, 0.3) is 0 Å². The Morgan fingerprint density at radius 3 is 2.42 bits per heavy atom. The van der Waals surface area contributed by atoms with Crippen molar-refractivity contribution in [2.45, 2.75) is 52.1 Å². The molecule has 2 atom stereocenters. The summed E-state index contributed by atoms with van der Waals surface area (Å²) in [6, 6.07) is -0.590. The number of methoxy groups -OCH3 is 1. The Kier molecular flexibility index (Phi) is 8.95. The lowest BCUT2D eigenvalue weighted by Gasteiger charge is -2.29. The minimum absolute atomic E-state index is 0.0397. The molecule has 0 bridgehead atoms. The SMILES string of the molecule is CCCC(CC(=O)O)NC(=O)N(CC)C(C)COC. The standard InChI is InChI=1S/C13H26N2O4/c1-5-7-11(8-12(16)17)14-13(18)15(6-2)10(3)9-19-4/h10-11H,5-9H2,1-4H3,(H,14,18)(H,16,17). The lowest BCUT2D eigenvalue weighted by atomic mass is 10.1. The van der Waals surface area contributed by atoms with Gasteiger partial charge in [-0.05, 0) is 20.3 Å². The second kappa shape index (κ2) is 9.61. The van der Waals surface area contributed by atoms with E-state index in [2.05, 4.69) is 5.32 Å². The number of nitrogens with one attached hydrogen (secondary N) is 1. The smallest absolute Gasteiger partial charge is 0.317 e. The molecule has 0 aliphatic heterocycles. The van der Waals surface area contributed by atoms with Gasteiger partial charge in [-0.1, -0.05) is 13.3 Å². The molecule has 0 heterocycles. The van der Waals surface area contributed by atoms with Gasteiger partial charge in [-0.3, -0.25) is 4.79 Å². The Bertz CT molecular complexity index is 284. The summed E-state index contributed by atoms with van der Waals surface area (Å²) in [5, 5.41) is 11.6. The lowest BCUT2D eigenvalue weighted by Crippen LogP contribution is -2.50. The monoisotopic (exact) mass is 274 g/mol. The van der Waals surface area contributed by atoms with E-state index in [0.717, 1.165) is 6.42 Å². The van der Waals surface area contributed by atoms with Crippen molar-refractivity contribution in [2.75, 3.05) is 20.3 Å². The van der Waals surface area contributed by atoms with E-state index in [1.165, 1.54) is 0 Å². The number of carbonyl (C=O) groups is 2. The van der Waals surface area contributed by atoms with Gasteiger partial charge in [0.2, 0.25) is 0 Å². The fraction of sp³-hybridized carbons (Fsp3) is 0.846. The first-order valence-electron chi connectivity index (χ1n) is 6.74. The average Bonchev–Trinajstić information content (AvgIpc) is 2.29. The number of hydrogen-bond donors (Lipinski definition) is 2. The summed E-state index contributed by atoms with van der Waals surface area (Å²) in [6.45, 7) is 6.77. The normalized spacial score (nSPS) is 13.7. The second-order valence-electron chi connectivity index (χ2n) is 4.62. The molecule has 6 nitrogen and oxygen atoms in total. The van der Waals surface area contributed by atoms with Gasteiger partial charge in [-0.2, -0.15) is 0 Å². The highest BCUT2D eigenvalue weighted by Gasteiger charge is 2.22. The number of hydrogen-bond acceptors (Lipinski definition) is 3. The molecule has 0 aliphatic rings. The van der Waals surface area contributed by atoms with E-state index in [9.17, 15) is 9.59 Å². The third-order valence-electron chi connectivity index (χ3n) is 2.93. The summed E-state index contributed by atoms with van der Waals surface area (Å²) in [6.07, 6.45) is 1.45. The molecule has 0 saturated heterocycles. The maximum Gasteiger partial charge on any atom is 0.317 e. The van der Waals surface area contributed by atoms with Crippen LogP contribution in [-0.4, -0.2) is 54.4 Å². The number of nitrogens with zero attached hydrogens (tertiary/aromatic N) is 1. The highest BCUT2D eigenvalue weighted by molar-refractivity contribution is 5.76. The zero-order valence-electron chi connectivity index (χ0n) is 12.3. The number of likely N-dealkylation sites (N-methyl/N-ethyl adjacent to an activating group) is 1. The van der Waals surface area contributed by atoms with Crippen molar-refractivity contribution in [2.24, 2.45) is 0 Å². The highest BCUT2D eigenvalue weighted by atomic mass is 16.5. The van der Waals surface area contributed by atoms with Crippen molar-refractivity contribution in [3.63, 3.8) is 0 Å². The topological polar surface area (TPSA) is 78.9 Å². The van der Waals surface area contributed by atoms with Gasteiger partial charge in [0, 0.05) is 19.7 Å². The van der Waals surface area contributed by atoms with E-state index in [-0.39, 0.29) is 24.5 Å². The number of carboxylic acids is 1. The molecule has 0 aromatic heterocycles. The molecule has 0 aromatic rings. The average molecular weight is 274 g/mol. The van der Waals surface area contributed by atoms with Crippen LogP contribution in [0.4, 0.5) is 4.79 Å². The van der Waals surface area contributed by atoms with Gasteiger partial charge in [0.1, 0.15) is 0 Å². The van der Waals surface area contributed by atoms with Crippen LogP contribution in [0.1, 0.15) is 40.0 Å². The van der Waals surface area contributed by atoms with Gasteiger partial charge in [0.05, 0.1) is 19.1 Å². The third kappa shape index (κ3) is 7.00. The molecule has 0 fully saturated rings. The largest absolute Gasteiger partial charge is 0.481 e. The van der Waals surface area contributed by atoms with Gasteiger partial charge in [0.15, 0.2) is 0 Å². The van der Waals surface area contributed by atoms with Crippen LogP contribution < -0.4 is 5.32 Å². The molecule has 0 aliphatic carbocycles. The van der Waals surface area contributed by atoms with Gasteiger partial charge >= 0.3 is 12.0 Å². The Labute approximate surface area is 115 Å². The van der Waals surface area contributed by atoms with Crippen LogP contribution in [0.3, 0.4) is 0 Å². The maximum absolute atomic E-state index is 12.1. The van der Waals surface area contributed by atoms with Crippen LogP contribution >= 0.6 is 0 Å². The number of carboxylic acid groups (broad SMARTS) is 1. The van der Waals surface area contributed by atoms with Gasteiger partial charge in [0.25, 0.3) is 0 Å². The van der Waals surface area contributed by atoms with Crippen LogP contribution in [-0.2, 0) is 9.53 Å². The number of ether oxygens (including phenoxy) is 1. The fourth-order valence-corrected chi connectivity index (χ4v) is 2.03. The molecule has 0 saturated carbocycles. The lowest BCUT2D eigenvalue weighted by molar-refractivity contribution is -0.137. The number of urea groups is 1. The summed E-state index contributed by atoms with van der Waals surface area (Å²) in [4.78, 5) is 24.5. The van der Waals surface area contributed by atoms with E-state index in [0.29, 0.717) is 19.6 Å². The van der Waals surface area contributed by atoms with Crippen LogP contribution in [0.2, 0.25) is 0 Å². The van der Waals surface area contributed by atoms with E-state index in [1.54, 1.807) is 12.0 Å². The molecule has 0 aromatic carbocycles. The number of rotatable bonds is 9. The van der Waals surface area contributed by atoms with Gasteiger partial charge in [-0.25, -0.2) is 4.79 Å². The van der Waals surface area contributed by atoms with Crippen molar-refractivity contribution >= 4 is 12.0 Å². The minimum atomic E-state index is -0.897. The van der Waals surface area contributed by atoms with Crippen LogP contribution in [0.5, 0.6) is 0 Å². The van der Waals surface area contributed by atoms with E-state index in [4.69, 9.17) is 9.84 Å². The zero-order valence-corrected chi connectivity index (χ0v) is 12.3. The van der Waals surface area contributed by atoms with Gasteiger partial charge in [-0.15, -0.1) is 0 Å². The van der Waals surface area contributed by atoms with Crippen LogP contribution in [0, 0.1) is 0 Å². The van der Waals surface area contributed by atoms with Crippen molar-refractivity contribution in [1.82, 2.24) is 10.2 Å². The molecule has 0 radical (unpaired) electrons. The molecule has 0 spiro atoms. The van der Waals surface area contributed by atoms with Crippen molar-refractivity contribution in [3.05, 3.63) is 0 Å². The maximum atomic E-state index is 12.1. The number of aliphatic carboxylic acids is 1. The van der Waals surface area contributed by atoms with Crippen molar-refractivity contribution in [1.29, 1.82) is 0 Å².